The number of rotatable bonds is 4. The fourth-order valence-corrected chi connectivity index (χ4v) is 1.32. The van der Waals surface area contributed by atoms with Crippen LogP contribution in [0, 0.1) is 6.92 Å². The minimum absolute atomic E-state index is 0.205. The molecule has 0 saturated heterocycles. The van der Waals surface area contributed by atoms with Crippen LogP contribution in [0.3, 0.4) is 0 Å². The van der Waals surface area contributed by atoms with E-state index in [-0.39, 0.29) is 6.54 Å². The summed E-state index contributed by atoms with van der Waals surface area (Å²) in [4.78, 5) is 6.44. The first-order chi connectivity index (χ1) is 7.56. The Bertz CT molecular complexity index is 416. The Labute approximate surface area is 92.2 Å². The zero-order chi connectivity index (χ0) is 12.1. The van der Waals surface area contributed by atoms with Gasteiger partial charge in [0.05, 0.1) is 30.2 Å². The quantitative estimate of drug-likeness (QED) is 0.393. The molecule has 0 aromatic carbocycles. The molecule has 1 aromatic rings. The van der Waals surface area contributed by atoms with Crippen LogP contribution in [0.1, 0.15) is 17.4 Å². The lowest BCUT2D eigenvalue weighted by Gasteiger charge is -2.17. The highest BCUT2D eigenvalue weighted by Crippen LogP contribution is 2.20. The van der Waals surface area contributed by atoms with Gasteiger partial charge in [0.2, 0.25) is 0 Å². The number of hydrogen-bond donors (Lipinski definition) is 3. The van der Waals surface area contributed by atoms with E-state index < -0.39 is 12.2 Å². The summed E-state index contributed by atoms with van der Waals surface area (Å²) in [5, 5.41) is 22.4. The van der Waals surface area contributed by atoms with Crippen molar-refractivity contribution in [2.45, 2.75) is 19.1 Å². The summed E-state index contributed by atoms with van der Waals surface area (Å²) in [7, 11) is 0. The predicted octanol–water partition coefficient (Wildman–Crippen LogP) is 0.677. The normalized spacial score (nSPS) is 13.9. The molecule has 0 aliphatic rings. The summed E-state index contributed by atoms with van der Waals surface area (Å²) in [6.07, 6.45) is -0.969. The van der Waals surface area contributed by atoms with Crippen molar-refractivity contribution in [1.82, 2.24) is 4.98 Å². The molecule has 2 unspecified atom stereocenters. The number of hydrogen-bond acceptors (Lipinski definition) is 5. The van der Waals surface area contributed by atoms with Gasteiger partial charge in [-0.05, 0) is 24.1 Å². The first kappa shape index (κ1) is 12.3. The van der Waals surface area contributed by atoms with Gasteiger partial charge in [0.15, 0.2) is 0 Å². The van der Waals surface area contributed by atoms with Gasteiger partial charge in [-0.3, -0.25) is 4.98 Å². The number of aliphatic hydroxyl groups excluding tert-OH is 2. The third-order valence-corrected chi connectivity index (χ3v) is 2.12. The van der Waals surface area contributed by atoms with Crippen LogP contribution in [0.4, 0.5) is 5.69 Å². The van der Waals surface area contributed by atoms with Crippen LogP contribution in [0.2, 0.25) is 0 Å². The molecule has 1 aromatic heterocycles. The fourth-order valence-electron chi connectivity index (χ4n) is 1.32. The minimum Gasteiger partial charge on any atom is -0.397 e. The second-order valence-corrected chi connectivity index (χ2v) is 3.40. The van der Waals surface area contributed by atoms with Gasteiger partial charge < -0.3 is 15.9 Å². The van der Waals surface area contributed by atoms with Crippen LogP contribution in [0.15, 0.2) is 17.4 Å². The third kappa shape index (κ3) is 2.83. The highest BCUT2D eigenvalue weighted by molar-refractivity contribution is 5.40. The van der Waals surface area contributed by atoms with Gasteiger partial charge in [0.1, 0.15) is 6.10 Å². The maximum Gasteiger partial charge on any atom is 0.122 e. The molecule has 0 spiro atoms. The molecule has 86 valence electrons. The van der Waals surface area contributed by atoms with E-state index in [4.69, 9.17) is 11.3 Å². The highest BCUT2D eigenvalue weighted by Gasteiger charge is 2.20. The fraction of sp³-hybridized carbons (Fsp3) is 0.444. The monoisotopic (exact) mass is 223 g/mol. The Kier molecular flexibility index (Phi) is 4.07. The van der Waals surface area contributed by atoms with Crippen LogP contribution in [-0.2, 0) is 0 Å². The molecule has 16 heavy (non-hydrogen) atoms. The smallest absolute Gasteiger partial charge is 0.122 e. The van der Waals surface area contributed by atoms with Crippen LogP contribution in [0.25, 0.3) is 10.4 Å². The molecule has 0 amide bonds. The summed E-state index contributed by atoms with van der Waals surface area (Å²) in [5.41, 5.74) is 15.1. The second-order valence-electron chi connectivity index (χ2n) is 3.40. The second kappa shape index (κ2) is 5.32. The van der Waals surface area contributed by atoms with Gasteiger partial charge in [-0.2, -0.15) is 0 Å². The number of nitrogens with two attached hydrogens (primary N) is 1. The van der Waals surface area contributed by atoms with Crippen molar-refractivity contribution in [1.29, 1.82) is 0 Å². The molecule has 0 fully saturated rings. The van der Waals surface area contributed by atoms with Crippen LogP contribution >= 0.6 is 0 Å². The van der Waals surface area contributed by atoms with Crippen LogP contribution in [-0.4, -0.2) is 27.8 Å². The molecule has 7 nitrogen and oxygen atoms in total. The van der Waals surface area contributed by atoms with Gasteiger partial charge in [-0.15, -0.1) is 0 Å². The molecule has 2 atom stereocenters. The van der Waals surface area contributed by atoms with E-state index in [9.17, 15) is 10.2 Å². The van der Waals surface area contributed by atoms with Crippen molar-refractivity contribution in [3.8, 4) is 0 Å². The Morgan fingerprint density at radius 3 is 2.88 bits per heavy atom. The number of aromatic nitrogens is 1. The number of nitrogen functional groups attached to an aromatic ring is 1. The Balaban J connectivity index is 2.86. The average molecular weight is 223 g/mol. The largest absolute Gasteiger partial charge is 0.397 e. The standard InChI is InChI=1S/C9H13N5O2/c1-5-2-6(10)3-12-8(5)9(16)7(15)4-13-14-11/h2-3,7,9,15-16H,4,10H2,1H3. The van der Waals surface area contributed by atoms with Crippen LogP contribution in [0.5, 0.6) is 0 Å². The van der Waals surface area contributed by atoms with Crippen molar-refractivity contribution in [3.05, 3.63) is 34.0 Å². The Morgan fingerprint density at radius 2 is 2.31 bits per heavy atom. The summed E-state index contributed by atoms with van der Waals surface area (Å²) >= 11 is 0. The summed E-state index contributed by atoms with van der Waals surface area (Å²) in [6.45, 7) is 1.52. The molecule has 0 aliphatic heterocycles. The SMILES string of the molecule is Cc1cc(N)cnc1C(O)C(O)CN=[N+]=[N-]. The van der Waals surface area contributed by atoms with Crippen molar-refractivity contribution < 1.29 is 10.2 Å². The molecule has 1 rings (SSSR count). The zero-order valence-corrected chi connectivity index (χ0v) is 8.78. The summed E-state index contributed by atoms with van der Waals surface area (Å²) in [5.74, 6) is 0. The number of anilines is 1. The van der Waals surface area contributed by atoms with Gasteiger partial charge in [-0.1, -0.05) is 5.11 Å². The average Bonchev–Trinajstić information content (AvgIpc) is 2.25. The molecule has 0 saturated carbocycles. The lowest BCUT2D eigenvalue weighted by atomic mass is 10.1. The third-order valence-electron chi connectivity index (χ3n) is 2.12. The number of nitrogens with zero attached hydrogens (tertiary/aromatic N) is 4. The van der Waals surface area contributed by atoms with Crippen molar-refractivity contribution in [2.75, 3.05) is 12.3 Å². The number of pyridine rings is 1. The van der Waals surface area contributed by atoms with Crippen molar-refractivity contribution in [2.24, 2.45) is 5.11 Å². The first-order valence-electron chi connectivity index (χ1n) is 4.65. The zero-order valence-electron chi connectivity index (χ0n) is 8.78. The number of azide groups is 1. The first-order valence-corrected chi connectivity index (χ1v) is 4.65. The van der Waals surface area contributed by atoms with Gasteiger partial charge in [-0.25, -0.2) is 0 Å². The summed E-state index contributed by atoms with van der Waals surface area (Å²) < 4.78 is 0. The lowest BCUT2D eigenvalue weighted by Crippen LogP contribution is -2.22. The van der Waals surface area contributed by atoms with Gasteiger partial charge >= 0.3 is 0 Å². The van der Waals surface area contributed by atoms with E-state index in [2.05, 4.69) is 15.0 Å². The van der Waals surface area contributed by atoms with Crippen molar-refractivity contribution >= 4 is 5.69 Å². The maximum absolute atomic E-state index is 9.75. The molecule has 4 N–H and O–H groups in total. The van der Waals surface area contributed by atoms with E-state index in [0.717, 1.165) is 0 Å². The van der Waals surface area contributed by atoms with Gasteiger partial charge in [0, 0.05) is 4.91 Å². The van der Waals surface area contributed by atoms with E-state index >= 15 is 0 Å². The molecular weight excluding hydrogens is 210 g/mol. The molecule has 7 heteroatoms. The topological polar surface area (TPSA) is 128 Å². The Hall–Kier alpha value is -1.82. The molecule has 1 heterocycles. The number of aliphatic hydroxyl groups is 2. The summed E-state index contributed by atoms with van der Waals surface area (Å²) in [6, 6.07) is 1.64. The molecular formula is C9H13N5O2. The van der Waals surface area contributed by atoms with Crippen molar-refractivity contribution in [3.63, 3.8) is 0 Å². The van der Waals surface area contributed by atoms with E-state index in [0.29, 0.717) is 16.9 Å². The lowest BCUT2D eigenvalue weighted by molar-refractivity contribution is 0.0214. The Morgan fingerprint density at radius 1 is 1.62 bits per heavy atom. The molecule has 0 bridgehead atoms. The predicted molar refractivity (Wildman–Crippen MR) is 58.4 cm³/mol. The molecule has 0 radical (unpaired) electrons. The minimum atomic E-state index is -1.19. The number of aryl methyl sites for hydroxylation is 1. The highest BCUT2D eigenvalue weighted by atomic mass is 16.3. The van der Waals surface area contributed by atoms with E-state index in [1.165, 1.54) is 6.20 Å². The van der Waals surface area contributed by atoms with Gasteiger partial charge in [0.25, 0.3) is 0 Å². The molecule has 0 aliphatic carbocycles. The van der Waals surface area contributed by atoms with E-state index in [1.807, 2.05) is 0 Å². The van der Waals surface area contributed by atoms with Crippen LogP contribution < -0.4 is 5.73 Å². The van der Waals surface area contributed by atoms with E-state index in [1.54, 1.807) is 13.0 Å². The maximum atomic E-state index is 9.75.